The zero-order valence-electron chi connectivity index (χ0n) is 12.5. The molecule has 1 aliphatic rings. The molecule has 0 amide bonds. The molecule has 0 atom stereocenters. The van der Waals surface area contributed by atoms with Gasteiger partial charge in [-0.15, -0.1) is 0 Å². The molecule has 6 heteroatoms. The van der Waals surface area contributed by atoms with Crippen LogP contribution in [0.3, 0.4) is 0 Å². The average Bonchev–Trinajstić information content (AvgIpc) is 2.99. The van der Waals surface area contributed by atoms with Gasteiger partial charge >= 0.3 is 0 Å². The molecule has 116 valence electrons. The second-order valence-electron chi connectivity index (χ2n) is 5.67. The van der Waals surface area contributed by atoms with E-state index in [1.165, 1.54) is 0 Å². The summed E-state index contributed by atoms with van der Waals surface area (Å²) in [6.07, 6.45) is 3.61. The number of benzene rings is 1. The molecule has 0 saturated heterocycles. The van der Waals surface area contributed by atoms with Gasteiger partial charge in [0, 0.05) is 18.4 Å². The number of hydrogen-bond acceptors (Lipinski definition) is 6. The number of aryl methyl sites for hydroxylation is 1. The van der Waals surface area contributed by atoms with Gasteiger partial charge in [0.05, 0.1) is 12.6 Å². The van der Waals surface area contributed by atoms with Crippen LogP contribution in [0, 0.1) is 0 Å². The molecule has 0 bridgehead atoms. The van der Waals surface area contributed by atoms with E-state index in [1.807, 2.05) is 0 Å². The highest BCUT2D eigenvalue weighted by molar-refractivity contribution is 5.96. The molecule has 1 aromatic carbocycles. The van der Waals surface area contributed by atoms with Crippen LogP contribution in [-0.2, 0) is 12.0 Å². The monoisotopic (exact) mass is 301 g/mol. The number of ether oxygens (including phenoxy) is 1. The molecule has 1 heterocycles. The number of ketones is 1. The Bertz CT molecular complexity index is 660. The van der Waals surface area contributed by atoms with E-state index in [1.54, 1.807) is 31.4 Å². The summed E-state index contributed by atoms with van der Waals surface area (Å²) in [5.41, 5.74) is 6.37. The molecule has 1 saturated carbocycles. The smallest absolute Gasteiger partial charge is 0.227 e. The summed E-state index contributed by atoms with van der Waals surface area (Å²) in [6.45, 7) is 0. The van der Waals surface area contributed by atoms with Crippen molar-refractivity contribution in [2.24, 2.45) is 5.73 Å². The molecule has 0 radical (unpaired) electrons. The molecule has 1 aromatic heterocycles. The summed E-state index contributed by atoms with van der Waals surface area (Å²) in [6, 6.07) is 7.05. The van der Waals surface area contributed by atoms with Crippen LogP contribution < -0.4 is 10.5 Å². The van der Waals surface area contributed by atoms with E-state index >= 15 is 0 Å². The first kappa shape index (κ1) is 14.7. The fraction of sp³-hybridized carbons (Fsp3) is 0.438. The normalized spacial score (nSPS) is 16.1. The van der Waals surface area contributed by atoms with Gasteiger partial charge in [0.15, 0.2) is 11.6 Å². The molecular weight excluding hydrogens is 282 g/mol. The van der Waals surface area contributed by atoms with Gasteiger partial charge in [0.2, 0.25) is 5.89 Å². The van der Waals surface area contributed by atoms with E-state index in [2.05, 4.69) is 10.1 Å². The van der Waals surface area contributed by atoms with E-state index in [4.69, 9.17) is 15.0 Å². The summed E-state index contributed by atoms with van der Waals surface area (Å²) in [5.74, 6) is 1.79. The summed E-state index contributed by atoms with van der Waals surface area (Å²) < 4.78 is 10.3. The molecule has 1 aliphatic carbocycles. The molecule has 0 aliphatic heterocycles. The molecule has 2 aromatic rings. The van der Waals surface area contributed by atoms with Crippen LogP contribution in [-0.4, -0.2) is 23.0 Å². The van der Waals surface area contributed by atoms with Gasteiger partial charge in [0.25, 0.3) is 0 Å². The van der Waals surface area contributed by atoms with Crippen LogP contribution in [0.2, 0.25) is 0 Å². The predicted octanol–water partition coefficient (Wildman–Crippen LogP) is 2.23. The zero-order valence-corrected chi connectivity index (χ0v) is 12.5. The first-order chi connectivity index (χ1) is 10.6. The fourth-order valence-electron chi connectivity index (χ4n) is 2.48. The van der Waals surface area contributed by atoms with Crippen molar-refractivity contribution < 1.29 is 14.1 Å². The topological polar surface area (TPSA) is 91.2 Å². The quantitative estimate of drug-likeness (QED) is 0.823. The number of carbonyl (C=O) groups is 1. The first-order valence-corrected chi connectivity index (χ1v) is 7.40. The summed E-state index contributed by atoms with van der Waals surface area (Å²) in [5, 5.41) is 3.94. The zero-order chi connectivity index (χ0) is 15.6. The maximum Gasteiger partial charge on any atom is 0.227 e. The van der Waals surface area contributed by atoms with Gasteiger partial charge in [0.1, 0.15) is 5.75 Å². The maximum atomic E-state index is 12.1. The Kier molecular flexibility index (Phi) is 3.94. The van der Waals surface area contributed by atoms with E-state index in [0.29, 0.717) is 30.1 Å². The van der Waals surface area contributed by atoms with Crippen molar-refractivity contribution in [3.8, 4) is 5.75 Å². The molecule has 22 heavy (non-hydrogen) atoms. The van der Waals surface area contributed by atoms with Crippen LogP contribution in [0.5, 0.6) is 5.75 Å². The third kappa shape index (κ3) is 2.87. The third-order valence-electron chi connectivity index (χ3n) is 4.14. The number of hydrogen-bond donors (Lipinski definition) is 1. The highest BCUT2D eigenvalue weighted by Crippen LogP contribution is 2.36. The molecule has 6 nitrogen and oxygen atoms in total. The Labute approximate surface area is 128 Å². The van der Waals surface area contributed by atoms with Crippen molar-refractivity contribution in [1.82, 2.24) is 10.1 Å². The summed E-state index contributed by atoms with van der Waals surface area (Å²) in [7, 11) is 1.59. The fourth-order valence-corrected chi connectivity index (χ4v) is 2.48. The Hall–Kier alpha value is -2.21. The second kappa shape index (κ2) is 5.88. The van der Waals surface area contributed by atoms with Gasteiger partial charge in [-0.05, 0) is 43.5 Å². The van der Waals surface area contributed by atoms with E-state index in [-0.39, 0.29) is 5.78 Å². The number of rotatable bonds is 6. The van der Waals surface area contributed by atoms with Gasteiger partial charge in [-0.1, -0.05) is 5.16 Å². The molecule has 0 spiro atoms. The van der Waals surface area contributed by atoms with E-state index < -0.39 is 5.54 Å². The van der Waals surface area contributed by atoms with Crippen molar-refractivity contribution in [3.05, 3.63) is 41.5 Å². The Balaban J connectivity index is 1.58. The largest absolute Gasteiger partial charge is 0.497 e. The SMILES string of the molecule is COc1ccc(C(=O)CCc2nc(C3(N)CCC3)no2)cc1. The lowest BCUT2D eigenvalue weighted by molar-refractivity contribution is 0.0979. The summed E-state index contributed by atoms with van der Waals surface area (Å²) >= 11 is 0. The maximum absolute atomic E-state index is 12.1. The van der Waals surface area contributed by atoms with Crippen LogP contribution in [0.1, 0.15) is 47.8 Å². The van der Waals surface area contributed by atoms with E-state index in [9.17, 15) is 4.79 Å². The minimum absolute atomic E-state index is 0.0357. The van der Waals surface area contributed by atoms with Crippen LogP contribution in [0.15, 0.2) is 28.8 Å². The highest BCUT2D eigenvalue weighted by atomic mass is 16.5. The number of methoxy groups -OCH3 is 1. The minimum Gasteiger partial charge on any atom is -0.497 e. The first-order valence-electron chi connectivity index (χ1n) is 7.40. The number of nitrogens with two attached hydrogens (primary N) is 1. The third-order valence-corrected chi connectivity index (χ3v) is 4.14. The predicted molar refractivity (Wildman–Crippen MR) is 79.7 cm³/mol. The van der Waals surface area contributed by atoms with Crippen LogP contribution in [0.25, 0.3) is 0 Å². The Morgan fingerprint density at radius 3 is 2.68 bits per heavy atom. The van der Waals surface area contributed by atoms with E-state index in [0.717, 1.165) is 25.0 Å². The van der Waals surface area contributed by atoms with Crippen LogP contribution in [0.4, 0.5) is 0 Å². The molecule has 0 unspecified atom stereocenters. The minimum atomic E-state index is -0.429. The second-order valence-corrected chi connectivity index (χ2v) is 5.67. The lowest BCUT2D eigenvalue weighted by atomic mass is 9.77. The van der Waals surface area contributed by atoms with Crippen molar-refractivity contribution >= 4 is 5.78 Å². The lowest BCUT2D eigenvalue weighted by Gasteiger charge is -2.34. The van der Waals surface area contributed by atoms with Gasteiger partial charge in [-0.2, -0.15) is 4.98 Å². The Morgan fingerprint density at radius 1 is 1.36 bits per heavy atom. The van der Waals surface area contributed by atoms with Crippen molar-refractivity contribution in [1.29, 1.82) is 0 Å². The number of carbonyl (C=O) groups excluding carboxylic acids is 1. The summed E-state index contributed by atoms with van der Waals surface area (Å²) in [4.78, 5) is 16.5. The lowest BCUT2D eigenvalue weighted by Crippen LogP contribution is -2.44. The average molecular weight is 301 g/mol. The van der Waals surface area contributed by atoms with Crippen LogP contribution >= 0.6 is 0 Å². The van der Waals surface area contributed by atoms with Gasteiger partial charge in [-0.25, -0.2) is 0 Å². The standard InChI is InChI=1S/C16H19N3O3/c1-21-12-5-3-11(4-6-12)13(20)7-8-14-18-15(19-22-14)16(17)9-2-10-16/h3-6H,2,7-10,17H2,1H3. The molecule has 2 N–H and O–H groups in total. The highest BCUT2D eigenvalue weighted by Gasteiger charge is 2.38. The molecule has 1 fully saturated rings. The Morgan fingerprint density at radius 2 is 2.09 bits per heavy atom. The molecule has 3 rings (SSSR count). The van der Waals surface area contributed by atoms with Crippen molar-refractivity contribution in [2.45, 2.75) is 37.6 Å². The number of nitrogens with zero attached hydrogens (tertiary/aromatic N) is 2. The number of Topliss-reactive ketones (excluding diaryl/α,β-unsaturated/α-hetero) is 1. The van der Waals surface area contributed by atoms with Gasteiger partial charge in [-0.3, -0.25) is 4.79 Å². The van der Waals surface area contributed by atoms with Gasteiger partial charge < -0.3 is 15.0 Å². The number of aromatic nitrogens is 2. The van der Waals surface area contributed by atoms with Crippen molar-refractivity contribution in [3.63, 3.8) is 0 Å². The molecular formula is C16H19N3O3. The van der Waals surface area contributed by atoms with Crippen molar-refractivity contribution in [2.75, 3.05) is 7.11 Å².